The third-order valence-corrected chi connectivity index (χ3v) is 7.56. The maximum Gasteiger partial charge on any atom is 0.293 e. The summed E-state index contributed by atoms with van der Waals surface area (Å²) in [6, 6.07) is 24.4. The Morgan fingerprint density at radius 2 is 1.60 bits per heavy atom. The number of aryl methyl sites for hydroxylation is 2. The molecular weight excluding hydrogens is 544 g/mol. The van der Waals surface area contributed by atoms with Crippen molar-refractivity contribution in [2.75, 3.05) is 36.4 Å². The molecule has 2 amide bonds. The number of amides is 2. The lowest BCUT2D eigenvalue weighted by atomic mass is 10.1. The molecule has 1 aliphatic heterocycles. The molecule has 7 nitrogen and oxygen atoms in total. The molecule has 2 N–H and O–H groups in total. The Labute approximate surface area is 243 Å². The number of thiocarbonyl (C=S) groups is 1. The van der Waals surface area contributed by atoms with Gasteiger partial charge >= 0.3 is 0 Å². The van der Waals surface area contributed by atoms with E-state index in [1.807, 2.05) is 79.4 Å². The number of nitrogens with one attached hydrogen (secondary N) is 2. The first-order valence-corrected chi connectivity index (χ1v) is 13.8. The number of nitrogens with zero attached hydrogens (tertiary/aromatic N) is 2. The van der Waals surface area contributed by atoms with Crippen LogP contribution in [0.2, 0.25) is 5.02 Å². The van der Waals surface area contributed by atoms with E-state index in [2.05, 4.69) is 15.5 Å². The number of hydrogen-bond donors (Lipinski definition) is 2. The summed E-state index contributed by atoms with van der Waals surface area (Å²) in [6.45, 7) is 6.71. The highest BCUT2D eigenvalue weighted by Gasteiger charge is 2.23. The Morgan fingerprint density at radius 3 is 2.30 bits per heavy atom. The lowest BCUT2D eigenvalue weighted by molar-refractivity contribution is 0.0746. The average Bonchev–Trinajstić information content (AvgIpc) is 3.46. The Bertz CT molecular complexity index is 1560. The highest BCUT2D eigenvalue weighted by atomic mass is 35.5. The zero-order valence-electron chi connectivity index (χ0n) is 22.2. The molecule has 1 saturated heterocycles. The summed E-state index contributed by atoms with van der Waals surface area (Å²) in [4.78, 5) is 29.7. The van der Waals surface area contributed by atoms with Crippen molar-refractivity contribution in [3.8, 4) is 11.3 Å². The molecule has 0 spiro atoms. The van der Waals surface area contributed by atoms with Crippen molar-refractivity contribution in [2.24, 2.45) is 0 Å². The van der Waals surface area contributed by atoms with Gasteiger partial charge in [0.25, 0.3) is 11.8 Å². The van der Waals surface area contributed by atoms with Crippen molar-refractivity contribution < 1.29 is 14.0 Å². The van der Waals surface area contributed by atoms with Gasteiger partial charge in [-0.3, -0.25) is 14.9 Å². The molecule has 1 aliphatic rings. The van der Waals surface area contributed by atoms with Gasteiger partial charge in [-0.1, -0.05) is 41.9 Å². The number of rotatable bonds is 5. The van der Waals surface area contributed by atoms with Crippen LogP contribution in [0.3, 0.4) is 0 Å². The van der Waals surface area contributed by atoms with Gasteiger partial charge < -0.3 is 19.5 Å². The van der Waals surface area contributed by atoms with Gasteiger partial charge in [0.1, 0.15) is 5.76 Å². The Kier molecular flexibility index (Phi) is 8.19. The predicted octanol–water partition coefficient (Wildman–Crippen LogP) is 6.31. The third-order valence-electron chi connectivity index (χ3n) is 6.95. The van der Waals surface area contributed by atoms with E-state index < -0.39 is 5.91 Å². The topological polar surface area (TPSA) is 77.8 Å². The second kappa shape index (κ2) is 11.9. The van der Waals surface area contributed by atoms with Crippen LogP contribution in [0.15, 0.2) is 83.3 Å². The van der Waals surface area contributed by atoms with Gasteiger partial charge in [0, 0.05) is 53.7 Å². The van der Waals surface area contributed by atoms with Crippen molar-refractivity contribution in [3.63, 3.8) is 0 Å². The minimum absolute atomic E-state index is 0.0816. The summed E-state index contributed by atoms with van der Waals surface area (Å²) in [6.07, 6.45) is 0. The van der Waals surface area contributed by atoms with Gasteiger partial charge in [0.2, 0.25) is 0 Å². The molecule has 204 valence electrons. The molecule has 0 unspecified atom stereocenters. The highest BCUT2D eigenvalue weighted by Crippen LogP contribution is 2.27. The fraction of sp³-hybridized carbons (Fsp3) is 0.194. The van der Waals surface area contributed by atoms with Crippen molar-refractivity contribution in [2.45, 2.75) is 13.8 Å². The van der Waals surface area contributed by atoms with Crippen molar-refractivity contribution >= 4 is 52.1 Å². The number of hydrogen-bond acceptors (Lipinski definition) is 5. The quantitative estimate of drug-likeness (QED) is 0.273. The largest absolute Gasteiger partial charge is 0.451 e. The monoisotopic (exact) mass is 572 g/mol. The molecule has 4 aromatic rings. The average molecular weight is 573 g/mol. The van der Waals surface area contributed by atoms with Gasteiger partial charge in [-0.25, -0.2) is 0 Å². The van der Waals surface area contributed by atoms with E-state index in [-0.39, 0.29) is 16.8 Å². The van der Waals surface area contributed by atoms with Crippen LogP contribution in [0.1, 0.15) is 32.0 Å². The molecule has 0 aliphatic carbocycles. The van der Waals surface area contributed by atoms with Crippen molar-refractivity contribution in [3.05, 3.63) is 106 Å². The normalized spacial score (nSPS) is 13.2. The lowest BCUT2D eigenvalue weighted by Gasteiger charge is -2.36. The SMILES string of the molecule is Cc1ccc(-c2ccc(C(=O)NC(=S)Nc3ccc(N4CCN(C(=O)c5ccccc5C)CC4)cc3)o2)cc1Cl. The number of anilines is 2. The third kappa shape index (κ3) is 6.19. The van der Waals surface area contributed by atoms with E-state index >= 15 is 0 Å². The molecule has 0 atom stereocenters. The number of carbonyl (C=O) groups excluding carboxylic acids is 2. The summed E-state index contributed by atoms with van der Waals surface area (Å²) < 4.78 is 5.73. The molecule has 0 radical (unpaired) electrons. The second-order valence-corrected chi connectivity index (χ2v) is 10.5. The zero-order chi connectivity index (χ0) is 28.2. The Balaban J connectivity index is 1.12. The summed E-state index contributed by atoms with van der Waals surface area (Å²) in [5, 5.41) is 6.49. The summed E-state index contributed by atoms with van der Waals surface area (Å²) in [5.74, 6) is 0.322. The minimum atomic E-state index is -0.448. The zero-order valence-corrected chi connectivity index (χ0v) is 23.8. The van der Waals surface area contributed by atoms with Crippen LogP contribution >= 0.6 is 23.8 Å². The van der Waals surface area contributed by atoms with Crippen molar-refractivity contribution in [1.82, 2.24) is 10.2 Å². The number of benzene rings is 3. The van der Waals surface area contributed by atoms with Gasteiger partial charge in [-0.2, -0.15) is 0 Å². The number of carbonyl (C=O) groups is 2. The molecule has 5 rings (SSSR count). The predicted molar refractivity (Wildman–Crippen MR) is 163 cm³/mol. The molecule has 40 heavy (non-hydrogen) atoms. The van der Waals surface area contributed by atoms with Gasteiger partial charge in [0.05, 0.1) is 0 Å². The van der Waals surface area contributed by atoms with E-state index in [1.165, 1.54) is 0 Å². The van der Waals surface area contributed by atoms with Crippen LogP contribution in [0.5, 0.6) is 0 Å². The summed E-state index contributed by atoms with van der Waals surface area (Å²) in [7, 11) is 0. The summed E-state index contributed by atoms with van der Waals surface area (Å²) >= 11 is 11.6. The smallest absolute Gasteiger partial charge is 0.293 e. The van der Waals surface area contributed by atoms with Crippen molar-refractivity contribution in [1.29, 1.82) is 0 Å². The highest BCUT2D eigenvalue weighted by molar-refractivity contribution is 7.80. The second-order valence-electron chi connectivity index (χ2n) is 9.68. The van der Waals surface area contributed by atoms with E-state index in [9.17, 15) is 9.59 Å². The number of furan rings is 1. The molecule has 2 heterocycles. The molecule has 0 saturated carbocycles. The molecule has 1 aromatic heterocycles. The van der Waals surface area contributed by atoms with Gasteiger partial charge in [-0.15, -0.1) is 0 Å². The van der Waals surface area contributed by atoms with E-state index in [1.54, 1.807) is 18.2 Å². The van der Waals surface area contributed by atoms with Crippen LogP contribution in [-0.2, 0) is 0 Å². The fourth-order valence-electron chi connectivity index (χ4n) is 4.59. The van der Waals surface area contributed by atoms with E-state index in [4.69, 9.17) is 28.2 Å². The first-order chi connectivity index (χ1) is 19.3. The molecule has 9 heteroatoms. The van der Waals surface area contributed by atoms with Gasteiger partial charge in [-0.05, 0) is 85.7 Å². The maximum absolute atomic E-state index is 12.9. The van der Waals surface area contributed by atoms with Gasteiger partial charge in [0.15, 0.2) is 10.9 Å². The standard InChI is InChI=1S/C31H29ClN4O3S/c1-20-5-3-4-6-25(20)30(38)36-17-15-35(16-18-36)24-11-9-23(10-12-24)33-31(40)34-29(37)28-14-13-27(39-28)22-8-7-21(2)26(32)19-22/h3-14,19H,15-18H2,1-2H3,(H2,33,34,37,40). The van der Waals surface area contributed by atoms with Crippen LogP contribution in [0, 0.1) is 13.8 Å². The maximum atomic E-state index is 12.9. The summed E-state index contributed by atoms with van der Waals surface area (Å²) in [5.41, 5.74) is 5.31. The molecular formula is C31H29ClN4O3S. The molecule has 1 fully saturated rings. The Hall–Kier alpha value is -4.14. The van der Waals surface area contributed by atoms with Crippen LogP contribution in [0.4, 0.5) is 11.4 Å². The number of piperazine rings is 1. The first-order valence-electron chi connectivity index (χ1n) is 13.0. The molecule has 0 bridgehead atoms. The Morgan fingerprint density at radius 1 is 0.875 bits per heavy atom. The minimum Gasteiger partial charge on any atom is -0.451 e. The van der Waals surface area contributed by atoms with Crippen LogP contribution < -0.4 is 15.5 Å². The molecule has 3 aromatic carbocycles. The van der Waals surface area contributed by atoms with Crippen LogP contribution in [-0.4, -0.2) is 48.0 Å². The lowest BCUT2D eigenvalue weighted by Crippen LogP contribution is -2.48. The first kappa shape index (κ1) is 27.4. The van der Waals surface area contributed by atoms with E-state index in [0.717, 1.165) is 46.7 Å². The van der Waals surface area contributed by atoms with Crippen LogP contribution in [0.25, 0.3) is 11.3 Å². The van der Waals surface area contributed by atoms with E-state index in [0.29, 0.717) is 23.9 Å². The fourth-order valence-corrected chi connectivity index (χ4v) is 4.99. The number of halogens is 1.